The molecule has 2 rings (SSSR count). The van der Waals surface area contributed by atoms with Crippen LogP contribution in [0.15, 0.2) is 18.2 Å². The predicted molar refractivity (Wildman–Crippen MR) is 67.3 cm³/mol. The van der Waals surface area contributed by atoms with Gasteiger partial charge in [0.15, 0.2) is 0 Å². The van der Waals surface area contributed by atoms with Crippen LogP contribution >= 0.6 is 0 Å². The van der Waals surface area contributed by atoms with Crippen LogP contribution in [0.2, 0.25) is 0 Å². The highest BCUT2D eigenvalue weighted by atomic mass is 16.5. The van der Waals surface area contributed by atoms with Crippen molar-refractivity contribution >= 4 is 17.8 Å². The van der Waals surface area contributed by atoms with E-state index in [0.717, 1.165) is 37.7 Å². The van der Waals surface area contributed by atoms with E-state index in [1.165, 1.54) is 5.56 Å². The van der Waals surface area contributed by atoms with Gasteiger partial charge in [-0.1, -0.05) is 6.07 Å². The minimum Gasteiger partial charge on any atom is -0.483 e. The molecule has 1 aromatic rings. The van der Waals surface area contributed by atoms with Crippen molar-refractivity contribution in [2.24, 2.45) is 0 Å². The van der Waals surface area contributed by atoms with Gasteiger partial charge in [0.25, 0.3) is 6.47 Å². The van der Waals surface area contributed by atoms with Crippen molar-refractivity contribution in [3.05, 3.63) is 23.8 Å². The minimum absolute atomic E-state index is 0.250. The summed E-state index contributed by atoms with van der Waals surface area (Å²) in [6.07, 6.45) is 0. The molecule has 0 atom stereocenters. The molecule has 94 valence electrons. The molecule has 0 unspecified atom stereocenters. The Morgan fingerprint density at radius 3 is 2.59 bits per heavy atom. The third kappa shape index (κ3) is 3.96. The minimum atomic E-state index is -0.250. The Kier molecular flexibility index (Phi) is 5.29. The van der Waals surface area contributed by atoms with E-state index in [2.05, 4.69) is 17.9 Å². The number of rotatable bonds is 1. The van der Waals surface area contributed by atoms with Crippen LogP contribution in [-0.2, 0) is 9.53 Å². The number of anilines is 2. The van der Waals surface area contributed by atoms with Crippen molar-refractivity contribution in [1.29, 1.82) is 0 Å². The number of nitrogens with two attached hydrogens (primary N) is 1. The molecule has 0 aromatic heterocycles. The maximum absolute atomic E-state index is 8.36. The van der Waals surface area contributed by atoms with Gasteiger partial charge in [0, 0.05) is 13.1 Å². The average molecular weight is 238 g/mol. The lowest BCUT2D eigenvalue weighted by molar-refractivity contribution is -0.122. The quantitative estimate of drug-likeness (QED) is 0.566. The van der Waals surface area contributed by atoms with Crippen molar-refractivity contribution in [3.63, 3.8) is 0 Å². The van der Waals surface area contributed by atoms with Crippen molar-refractivity contribution in [1.82, 2.24) is 0 Å². The first kappa shape index (κ1) is 13.3. The molecule has 1 aromatic carbocycles. The topological polar surface area (TPSA) is 75.8 Å². The van der Waals surface area contributed by atoms with Gasteiger partial charge in [-0.05, 0) is 24.6 Å². The van der Waals surface area contributed by atoms with Crippen LogP contribution in [0.1, 0.15) is 5.56 Å². The summed E-state index contributed by atoms with van der Waals surface area (Å²) in [5.41, 5.74) is 9.19. The number of carbonyl (C=O) groups is 1. The molecule has 0 aliphatic carbocycles. The molecule has 17 heavy (non-hydrogen) atoms. The molecular weight excluding hydrogens is 220 g/mol. The second-order valence-corrected chi connectivity index (χ2v) is 3.77. The van der Waals surface area contributed by atoms with Crippen molar-refractivity contribution in [2.75, 3.05) is 36.9 Å². The number of morpholine rings is 1. The van der Waals surface area contributed by atoms with Gasteiger partial charge in [-0.25, -0.2) is 0 Å². The normalized spacial score (nSPS) is 14.8. The molecular formula is C12H18N2O3. The number of hydrogen-bond donors (Lipinski definition) is 2. The molecule has 1 saturated heterocycles. The molecule has 0 amide bonds. The lowest BCUT2D eigenvalue weighted by Gasteiger charge is -2.30. The lowest BCUT2D eigenvalue weighted by atomic mass is 10.1. The summed E-state index contributed by atoms with van der Waals surface area (Å²) in [4.78, 5) is 10.6. The zero-order chi connectivity index (χ0) is 12.7. The Morgan fingerprint density at radius 2 is 2.00 bits per heavy atom. The summed E-state index contributed by atoms with van der Waals surface area (Å²) in [7, 11) is 0. The second-order valence-electron chi connectivity index (χ2n) is 3.77. The predicted octanol–water partition coefficient (Wildman–Crippen LogP) is 1.11. The van der Waals surface area contributed by atoms with Crippen LogP contribution in [-0.4, -0.2) is 37.9 Å². The number of hydrogen-bond acceptors (Lipinski definition) is 4. The summed E-state index contributed by atoms with van der Waals surface area (Å²) in [6.45, 7) is 5.31. The zero-order valence-corrected chi connectivity index (χ0v) is 9.93. The fraction of sp³-hybridized carbons (Fsp3) is 0.417. The van der Waals surface area contributed by atoms with Crippen LogP contribution in [0.4, 0.5) is 11.4 Å². The summed E-state index contributed by atoms with van der Waals surface area (Å²) in [5.74, 6) is 0. The maximum atomic E-state index is 8.36. The van der Waals surface area contributed by atoms with Crippen LogP contribution in [0, 0.1) is 6.92 Å². The van der Waals surface area contributed by atoms with E-state index in [4.69, 9.17) is 20.4 Å². The van der Waals surface area contributed by atoms with E-state index in [-0.39, 0.29) is 6.47 Å². The number of benzene rings is 1. The monoisotopic (exact) mass is 238 g/mol. The molecule has 3 N–H and O–H groups in total. The average Bonchev–Trinajstić information content (AvgIpc) is 2.34. The molecule has 5 heteroatoms. The number of carboxylic acid groups (broad SMARTS) is 1. The summed E-state index contributed by atoms with van der Waals surface area (Å²) in [5, 5.41) is 6.89. The molecule has 0 bridgehead atoms. The van der Waals surface area contributed by atoms with Crippen LogP contribution < -0.4 is 10.6 Å². The molecule has 0 radical (unpaired) electrons. The molecule has 0 saturated carbocycles. The molecule has 0 spiro atoms. The van der Waals surface area contributed by atoms with Gasteiger partial charge in [0.2, 0.25) is 0 Å². The van der Waals surface area contributed by atoms with Crippen LogP contribution in [0.5, 0.6) is 0 Å². The Labute approximate surface area is 101 Å². The third-order valence-electron chi connectivity index (χ3n) is 2.54. The van der Waals surface area contributed by atoms with Gasteiger partial charge in [0.05, 0.1) is 24.6 Å². The van der Waals surface area contributed by atoms with Gasteiger partial charge in [0.1, 0.15) is 0 Å². The van der Waals surface area contributed by atoms with E-state index in [1.807, 2.05) is 12.1 Å². The number of nitrogens with zero attached hydrogens (tertiary/aromatic N) is 1. The fourth-order valence-corrected chi connectivity index (χ4v) is 1.73. The molecule has 5 nitrogen and oxygen atoms in total. The summed E-state index contributed by atoms with van der Waals surface area (Å²) < 4.78 is 5.31. The largest absolute Gasteiger partial charge is 0.483 e. The van der Waals surface area contributed by atoms with Gasteiger partial charge >= 0.3 is 0 Å². The Morgan fingerprint density at radius 1 is 1.41 bits per heavy atom. The second kappa shape index (κ2) is 6.75. The highest BCUT2D eigenvalue weighted by molar-refractivity contribution is 5.68. The molecule has 1 aliphatic rings. The van der Waals surface area contributed by atoms with E-state index < -0.39 is 0 Å². The van der Waals surface area contributed by atoms with E-state index in [1.54, 1.807) is 0 Å². The standard InChI is InChI=1S/C11H16N2O.CH2O2/c1-9-2-3-10(12)11(8-9)13-4-6-14-7-5-13;2-1-3/h2-3,8H,4-7,12H2,1H3;1H,(H,2,3). The van der Waals surface area contributed by atoms with Crippen LogP contribution in [0.3, 0.4) is 0 Å². The van der Waals surface area contributed by atoms with Crippen molar-refractivity contribution in [3.8, 4) is 0 Å². The lowest BCUT2D eigenvalue weighted by Crippen LogP contribution is -2.36. The SMILES string of the molecule is Cc1ccc(N)c(N2CCOCC2)c1.O=CO. The summed E-state index contributed by atoms with van der Waals surface area (Å²) in [6, 6.07) is 6.15. The highest BCUT2D eigenvalue weighted by Crippen LogP contribution is 2.24. The summed E-state index contributed by atoms with van der Waals surface area (Å²) >= 11 is 0. The van der Waals surface area contributed by atoms with Crippen molar-refractivity contribution < 1.29 is 14.6 Å². The van der Waals surface area contributed by atoms with Crippen LogP contribution in [0.25, 0.3) is 0 Å². The van der Waals surface area contributed by atoms with Crippen molar-refractivity contribution in [2.45, 2.75) is 6.92 Å². The first-order chi connectivity index (χ1) is 8.19. The van der Waals surface area contributed by atoms with E-state index in [9.17, 15) is 0 Å². The van der Waals surface area contributed by atoms with Gasteiger partial charge in [-0.15, -0.1) is 0 Å². The van der Waals surface area contributed by atoms with E-state index >= 15 is 0 Å². The third-order valence-corrected chi connectivity index (χ3v) is 2.54. The first-order valence-electron chi connectivity index (χ1n) is 5.45. The Bertz CT molecular complexity index is 363. The number of nitrogen functional groups attached to an aromatic ring is 1. The van der Waals surface area contributed by atoms with E-state index in [0.29, 0.717) is 0 Å². The number of ether oxygens (including phenoxy) is 1. The fourth-order valence-electron chi connectivity index (χ4n) is 1.73. The first-order valence-corrected chi connectivity index (χ1v) is 5.45. The van der Waals surface area contributed by atoms with Gasteiger partial charge in [-0.3, -0.25) is 4.79 Å². The van der Waals surface area contributed by atoms with Gasteiger partial charge < -0.3 is 20.5 Å². The molecule has 1 aliphatic heterocycles. The highest BCUT2D eigenvalue weighted by Gasteiger charge is 2.13. The van der Waals surface area contributed by atoms with Gasteiger partial charge in [-0.2, -0.15) is 0 Å². The zero-order valence-electron chi connectivity index (χ0n) is 9.93. The smallest absolute Gasteiger partial charge is 0.290 e. The molecule has 1 heterocycles. The molecule has 1 fully saturated rings. The number of aryl methyl sites for hydroxylation is 1. The maximum Gasteiger partial charge on any atom is 0.290 e. The Hall–Kier alpha value is -1.75. The Balaban J connectivity index is 0.000000437.